The van der Waals surface area contributed by atoms with Gasteiger partial charge in [-0.3, -0.25) is 10.1 Å². The van der Waals surface area contributed by atoms with Crippen molar-refractivity contribution in [1.82, 2.24) is 10.1 Å². The summed E-state index contributed by atoms with van der Waals surface area (Å²) in [6, 6.07) is 4.39. The van der Waals surface area contributed by atoms with Gasteiger partial charge in [0.2, 0.25) is 5.89 Å². The third-order valence-electron chi connectivity index (χ3n) is 2.90. The normalized spacial score (nSPS) is 10.5. The van der Waals surface area contributed by atoms with Crippen molar-refractivity contribution in [3.8, 4) is 0 Å². The van der Waals surface area contributed by atoms with E-state index in [1.54, 1.807) is 6.07 Å². The van der Waals surface area contributed by atoms with Gasteiger partial charge in [-0.25, -0.2) is 0 Å². The Bertz CT molecular complexity index is 643. The predicted octanol–water partition coefficient (Wildman–Crippen LogP) is 1.56. The van der Waals surface area contributed by atoms with Gasteiger partial charge >= 0.3 is 0 Å². The first-order valence-electron chi connectivity index (χ1n) is 6.82. The summed E-state index contributed by atoms with van der Waals surface area (Å²) in [4.78, 5) is 14.6. The van der Waals surface area contributed by atoms with E-state index in [-0.39, 0.29) is 18.8 Å². The van der Waals surface area contributed by atoms with Crippen LogP contribution in [0.5, 0.6) is 0 Å². The zero-order chi connectivity index (χ0) is 15.9. The molecule has 2 aromatic rings. The summed E-state index contributed by atoms with van der Waals surface area (Å²) in [6.45, 7) is 2.47. The van der Waals surface area contributed by atoms with E-state index in [1.165, 1.54) is 12.1 Å². The molecular formula is C13H17N5O4. The molecule has 3 N–H and O–H groups in total. The summed E-state index contributed by atoms with van der Waals surface area (Å²) < 4.78 is 5.06. The van der Waals surface area contributed by atoms with E-state index in [1.807, 2.05) is 6.92 Å². The van der Waals surface area contributed by atoms with Gasteiger partial charge in [0.15, 0.2) is 5.82 Å². The second-order valence-corrected chi connectivity index (χ2v) is 4.45. The molecule has 0 atom stereocenters. The Kier molecular flexibility index (Phi) is 5.26. The Balaban J connectivity index is 2.14. The molecule has 1 aromatic carbocycles. The lowest BCUT2D eigenvalue weighted by Gasteiger charge is -2.12. The highest BCUT2D eigenvalue weighted by Gasteiger charge is 2.12. The van der Waals surface area contributed by atoms with Crippen molar-refractivity contribution < 1.29 is 14.6 Å². The molecule has 0 aliphatic rings. The lowest BCUT2D eigenvalue weighted by Crippen LogP contribution is -2.09. The number of aryl methyl sites for hydroxylation is 1. The third-order valence-corrected chi connectivity index (χ3v) is 2.90. The molecular weight excluding hydrogens is 290 g/mol. The largest absolute Gasteiger partial charge is 0.395 e. The van der Waals surface area contributed by atoms with Gasteiger partial charge in [0.25, 0.3) is 5.69 Å². The zero-order valence-corrected chi connectivity index (χ0v) is 12.1. The average molecular weight is 307 g/mol. The van der Waals surface area contributed by atoms with E-state index in [2.05, 4.69) is 20.8 Å². The van der Waals surface area contributed by atoms with Gasteiger partial charge in [0, 0.05) is 25.1 Å². The fraction of sp³-hybridized carbons (Fsp3) is 0.385. The Morgan fingerprint density at radius 1 is 1.36 bits per heavy atom. The van der Waals surface area contributed by atoms with Gasteiger partial charge in [-0.05, 0) is 6.07 Å². The van der Waals surface area contributed by atoms with Crippen LogP contribution >= 0.6 is 0 Å². The second-order valence-electron chi connectivity index (χ2n) is 4.45. The van der Waals surface area contributed by atoms with E-state index < -0.39 is 4.92 Å². The summed E-state index contributed by atoms with van der Waals surface area (Å²) in [7, 11) is 0. The minimum atomic E-state index is -0.469. The number of nitrogens with one attached hydrogen (secondary N) is 2. The minimum Gasteiger partial charge on any atom is -0.395 e. The van der Waals surface area contributed by atoms with Crippen LogP contribution in [-0.2, 0) is 13.0 Å². The van der Waals surface area contributed by atoms with E-state index in [4.69, 9.17) is 9.63 Å². The number of rotatable bonds is 8. The fourth-order valence-corrected chi connectivity index (χ4v) is 1.81. The van der Waals surface area contributed by atoms with Crippen LogP contribution in [0.1, 0.15) is 18.6 Å². The van der Waals surface area contributed by atoms with E-state index in [0.29, 0.717) is 36.1 Å². The highest BCUT2D eigenvalue weighted by Crippen LogP contribution is 2.27. The van der Waals surface area contributed by atoms with Crippen LogP contribution in [0, 0.1) is 10.1 Å². The van der Waals surface area contributed by atoms with Crippen LogP contribution in [0.15, 0.2) is 22.7 Å². The molecule has 22 heavy (non-hydrogen) atoms. The molecule has 0 aliphatic carbocycles. The van der Waals surface area contributed by atoms with Gasteiger partial charge in [-0.2, -0.15) is 4.98 Å². The number of nitro groups is 1. The van der Waals surface area contributed by atoms with Crippen LogP contribution in [0.2, 0.25) is 0 Å². The third kappa shape index (κ3) is 3.92. The molecule has 1 heterocycles. The quantitative estimate of drug-likeness (QED) is 0.495. The SMILES string of the molecule is CCc1noc(CNc2cc([N+](=O)[O-])ccc2NCCO)n1. The van der Waals surface area contributed by atoms with Crippen molar-refractivity contribution in [3.05, 3.63) is 40.0 Å². The maximum Gasteiger partial charge on any atom is 0.271 e. The Morgan fingerprint density at radius 2 is 2.18 bits per heavy atom. The molecule has 0 spiro atoms. The maximum absolute atomic E-state index is 10.9. The molecule has 0 bridgehead atoms. The Hall–Kier alpha value is -2.68. The minimum absolute atomic E-state index is 0.0307. The first-order valence-corrected chi connectivity index (χ1v) is 6.82. The second kappa shape index (κ2) is 7.36. The average Bonchev–Trinajstić information content (AvgIpc) is 2.99. The molecule has 0 amide bonds. The highest BCUT2D eigenvalue weighted by atomic mass is 16.6. The number of aliphatic hydroxyl groups excluding tert-OH is 1. The fourth-order valence-electron chi connectivity index (χ4n) is 1.81. The molecule has 118 valence electrons. The van der Waals surface area contributed by atoms with Gasteiger partial charge in [-0.1, -0.05) is 12.1 Å². The molecule has 0 unspecified atom stereocenters. The van der Waals surface area contributed by atoms with E-state index in [9.17, 15) is 10.1 Å². The van der Waals surface area contributed by atoms with Crippen molar-refractivity contribution in [2.45, 2.75) is 19.9 Å². The molecule has 0 saturated carbocycles. The Labute approximate surface area is 126 Å². The summed E-state index contributed by atoms with van der Waals surface area (Å²) in [6.07, 6.45) is 0.670. The molecule has 2 rings (SSSR count). The van der Waals surface area contributed by atoms with Crippen LogP contribution < -0.4 is 10.6 Å². The number of aliphatic hydroxyl groups is 1. The summed E-state index contributed by atoms with van der Waals surface area (Å²) in [5.74, 6) is 1.01. The molecule has 0 radical (unpaired) electrons. The molecule has 9 nitrogen and oxygen atoms in total. The van der Waals surface area contributed by atoms with E-state index >= 15 is 0 Å². The number of non-ortho nitro benzene ring substituents is 1. The van der Waals surface area contributed by atoms with Crippen molar-refractivity contribution in [2.24, 2.45) is 0 Å². The van der Waals surface area contributed by atoms with E-state index in [0.717, 1.165) is 0 Å². The number of hydrogen-bond acceptors (Lipinski definition) is 8. The maximum atomic E-state index is 10.9. The highest BCUT2D eigenvalue weighted by molar-refractivity contribution is 5.71. The number of nitrogens with zero attached hydrogens (tertiary/aromatic N) is 3. The van der Waals surface area contributed by atoms with Crippen molar-refractivity contribution in [1.29, 1.82) is 0 Å². The number of nitro benzene ring substituents is 1. The van der Waals surface area contributed by atoms with Crippen LogP contribution in [0.25, 0.3) is 0 Å². The van der Waals surface area contributed by atoms with Gasteiger partial charge < -0.3 is 20.3 Å². The summed E-state index contributed by atoms with van der Waals surface area (Å²) >= 11 is 0. The molecule has 1 aromatic heterocycles. The molecule has 9 heteroatoms. The summed E-state index contributed by atoms with van der Waals surface area (Å²) in [5.41, 5.74) is 1.14. The van der Waals surface area contributed by atoms with Crippen molar-refractivity contribution >= 4 is 17.1 Å². The predicted molar refractivity (Wildman–Crippen MR) is 79.7 cm³/mol. The number of anilines is 2. The topological polar surface area (TPSA) is 126 Å². The van der Waals surface area contributed by atoms with Crippen LogP contribution in [-0.4, -0.2) is 33.3 Å². The van der Waals surface area contributed by atoms with Crippen LogP contribution in [0.4, 0.5) is 17.1 Å². The molecule has 0 aliphatic heterocycles. The number of aromatic nitrogens is 2. The first-order chi connectivity index (χ1) is 10.6. The smallest absolute Gasteiger partial charge is 0.271 e. The number of benzene rings is 1. The number of hydrogen-bond donors (Lipinski definition) is 3. The molecule has 0 fully saturated rings. The van der Waals surface area contributed by atoms with Crippen molar-refractivity contribution in [2.75, 3.05) is 23.8 Å². The van der Waals surface area contributed by atoms with Crippen LogP contribution in [0.3, 0.4) is 0 Å². The summed E-state index contributed by atoms with van der Waals surface area (Å²) in [5, 5.41) is 29.5. The van der Waals surface area contributed by atoms with Gasteiger partial charge in [0.1, 0.15) is 0 Å². The monoisotopic (exact) mass is 307 g/mol. The molecule has 0 saturated heterocycles. The van der Waals surface area contributed by atoms with Gasteiger partial charge in [-0.15, -0.1) is 0 Å². The zero-order valence-electron chi connectivity index (χ0n) is 12.1. The lowest BCUT2D eigenvalue weighted by atomic mass is 10.2. The van der Waals surface area contributed by atoms with Gasteiger partial charge in [0.05, 0.1) is 29.4 Å². The first kappa shape index (κ1) is 15.7. The standard InChI is InChI=1S/C13H17N5O4/c1-2-12-16-13(22-17-12)8-15-11-7-9(18(20)21)3-4-10(11)14-5-6-19/h3-4,7,14-15,19H,2,5-6,8H2,1H3. The Morgan fingerprint density at radius 3 is 2.82 bits per heavy atom. The lowest BCUT2D eigenvalue weighted by molar-refractivity contribution is -0.384. The van der Waals surface area contributed by atoms with Crippen molar-refractivity contribution in [3.63, 3.8) is 0 Å².